The third-order valence-electron chi connectivity index (χ3n) is 2.05. The standard InChI is InChI=1S/C10H13ClFN3O3S/c1-19(17,18)15-4-2-3-13-10(16)8-5-7(12)6-14-9(8)11/h5-6,15H,2-4H2,1H3,(H,13,16). The number of carbonyl (C=O) groups is 1. The molecule has 0 spiro atoms. The van der Waals surface area contributed by atoms with E-state index in [0.717, 1.165) is 18.5 Å². The third-order valence-corrected chi connectivity index (χ3v) is 3.08. The van der Waals surface area contributed by atoms with Gasteiger partial charge in [-0.15, -0.1) is 0 Å². The van der Waals surface area contributed by atoms with Crippen molar-refractivity contribution in [1.29, 1.82) is 0 Å². The normalized spacial score (nSPS) is 11.3. The maximum Gasteiger partial charge on any atom is 0.254 e. The second-order valence-corrected chi connectivity index (χ2v) is 5.96. The molecule has 0 radical (unpaired) electrons. The molecule has 0 saturated heterocycles. The van der Waals surface area contributed by atoms with Gasteiger partial charge in [0, 0.05) is 13.1 Å². The first-order chi connectivity index (χ1) is 8.79. The molecule has 1 amide bonds. The zero-order valence-electron chi connectivity index (χ0n) is 10.1. The molecule has 0 unspecified atom stereocenters. The van der Waals surface area contributed by atoms with E-state index < -0.39 is 21.7 Å². The third kappa shape index (κ3) is 5.95. The Labute approximate surface area is 115 Å². The zero-order chi connectivity index (χ0) is 14.5. The number of hydrogen-bond acceptors (Lipinski definition) is 4. The highest BCUT2D eigenvalue weighted by atomic mass is 35.5. The summed E-state index contributed by atoms with van der Waals surface area (Å²) in [4.78, 5) is 15.2. The molecule has 1 aromatic heterocycles. The molecule has 106 valence electrons. The summed E-state index contributed by atoms with van der Waals surface area (Å²) in [7, 11) is -3.23. The van der Waals surface area contributed by atoms with Crippen molar-refractivity contribution in [2.24, 2.45) is 0 Å². The first-order valence-corrected chi connectivity index (χ1v) is 7.60. The second kappa shape index (κ2) is 6.78. The Hall–Kier alpha value is -1.25. The van der Waals surface area contributed by atoms with Crippen molar-refractivity contribution in [1.82, 2.24) is 15.0 Å². The molecule has 0 aliphatic rings. The maximum absolute atomic E-state index is 12.9. The molecule has 0 aliphatic carbocycles. The Bertz CT molecular complexity index is 565. The lowest BCUT2D eigenvalue weighted by Gasteiger charge is -2.06. The lowest BCUT2D eigenvalue weighted by atomic mass is 10.2. The van der Waals surface area contributed by atoms with Gasteiger partial charge in [-0.2, -0.15) is 0 Å². The number of rotatable bonds is 6. The van der Waals surface area contributed by atoms with Crippen LogP contribution in [0.2, 0.25) is 5.15 Å². The highest BCUT2D eigenvalue weighted by molar-refractivity contribution is 7.88. The number of halogens is 2. The quantitative estimate of drug-likeness (QED) is 0.593. The minimum Gasteiger partial charge on any atom is -0.352 e. The van der Waals surface area contributed by atoms with Gasteiger partial charge < -0.3 is 5.32 Å². The van der Waals surface area contributed by atoms with Gasteiger partial charge in [0.15, 0.2) is 0 Å². The highest BCUT2D eigenvalue weighted by Crippen LogP contribution is 2.13. The van der Waals surface area contributed by atoms with E-state index in [1.807, 2.05) is 0 Å². The van der Waals surface area contributed by atoms with Crippen molar-refractivity contribution in [2.45, 2.75) is 6.42 Å². The summed E-state index contributed by atoms with van der Waals surface area (Å²) < 4.78 is 36.7. The molecular weight excluding hydrogens is 297 g/mol. The smallest absolute Gasteiger partial charge is 0.254 e. The van der Waals surface area contributed by atoms with Gasteiger partial charge >= 0.3 is 0 Å². The summed E-state index contributed by atoms with van der Waals surface area (Å²) in [6.45, 7) is 0.433. The average Bonchev–Trinajstić information content (AvgIpc) is 2.30. The van der Waals surface area contributed by atoms with E-state index in [-0.39, 0.29) is 23.8 Å². The van der Waals surface area contributed by atoms with Crippen molar-refractivity contribution >= 4 is 27.5 Å². The fraction of sp³-hybridized carbons (Fsp3) is 0.400. The molecule has 1 rings (SSSR count). The number of nitrogens with one attached hydrogen (secondary N) is 2. The van der Waals surface area contributed by atoms with Gasteiger partial charge in [0.2, 0.25) is 10.0 Å². The SMILES string of the molecule is CS(=O)(=O)NCCCNC(=O)c1cc(F)cnc1Cl. The van der Waals surface area contributed by atoms with Gasteiger partial charge in [0.05, 0.1) is 18.0 Å². The minimum absolute atomic E-state index is 0.0576. The number of nitrogens with zero attached hydrogens (tertiary/aromatic N) is 1. The van der Waals surface area contributed by atoms with Gasteiger partial charge in [-0.3, -0.25) is 4.79 Å². The zero-order valence-corrected chi connectivity index (χ0v) is 11.7. The lowest BCUT2D eigenvalue weighted by molar-refractivity contribution is 0.0952. The van der Waals surface area contributed by atoms with Crippen LogP contribution >= 0.6 is 11.6 Å². The highest BCUT2D eigenvalue weighted by Gasteiger charge is 2.12. The van der Waals surface area contributed by atoms with Gasteiger partial charge in [-0.25, -0.2) is 22.5 Å². The summed E-state index contributed by atoms with van der Waals surface area (Å²) in [5.74, 6) is -1.22. The number of aromatic nitrogens is 1. The van der Waals surface area contributed by atoms with Crippen molar-refractivity contribution in [3.8, 4) is 0 Å². The number of sulfonamides is 1. The van der Waals surface area contributed by atoms with Crippen LogP contribution in [0, 0.1) is 5.82 Å². The summed E-state index contributed by atoms with van der Waals surface area (Å²) >= 11 is 5.66. The van der Waals surface area contributed by atoms with Crippen molar-refractivity contribution in [3.05, 3.63) is 28.8 Å². The fourth-order valence-corrected chi connectivity index (χ4v) is 1.93. The van der Waals surface area contributed by atoms with Crippen molar-refractivity contribution in [3.63, 3.8) is 0 Å². The Balaban J connectivity index is 2.42. The van der Waals surface area contributed by atoms with Crippen LogP contribution in [0.3, 0.4) is 0 Å². The molecule has 0 aliphatic heterocycles. The Morgan fingerprint density at radius 1 is 1.47 bits per heavy atom. The van der Waals surface area contributed by atoms with Crippen LogP contribution in [-0.4, -0.2) is 38.7 Å². The molecule has 19 heavy (non-hydrogen) atoms. The summed E-state index contributed by atoms with van der Waals surface area (Å²) in [6.07, 6.45) is 2.36. The number of hydrogen-bond donors (Lipinski definition) is 2. The molecule has 2 N–H and O–H groups in total. The topological polar surface area (TPSA) is 88.2 Å². The van der Waals surface area contributed by atoms with Gasteiger partial charge in [-0.1, -0.05) is 11.6 Å². The second-order valence-electron chi connectivity index (χ2n) is 3.77. The molecule has 0 fully saturated rings. The number of amides is 1. The van der Waals surface area contributed by atoms with Crippen LogP contribution in [-0.2, 0) is 10.0 Å². The predicted molar refractivity (Wildman–Crippen MR) is 69.0 cm³/mol. The molecule has 0 saturated carbocycles. The first-order valence-electron chi connectivity index (χ1n) is 5.33. The molecule has 6 nitrogen and oxygen atoms in total. The van der Waals surface area contributed by atoms with Crippen molar-refractivity contribution < 1.29 is 17.6 Å². The largest absolute Gasteiger partial charge is 0.352 e. The molecule has 1 heterocycles. The van der Waals surface area contributed by atoms with Crippen LogP contribution in [0.4, 0.5) is 4.39 Å². The van der Waals surface area contributed by atoms with E-state index in [1.54, 1.807) is 0 Å². The summed E-state index contributed by atoms with van der Waals surface area (Å²) in [5, 5.41) is 2.40. The van der Waals surface area contributed by atoms with Gasteiger partial charge in [0.25, 0.3) is 5.91 Å². The van der Waals surface area contributed by atoms with Crippen molar-refractivity contribution in [2.75, 3.05) is 19.3 Å². The van der Waals surface area contributed by atoms with E-state index in [9.17, 15) is 17.6 Å². The monoisotopic (exact) mass is 309 g/mol. The minimum atomic E-state index is -3.23. The predicted octanol–water partition coefficient (Wildman–Crippen LogP) is 0.543. The van der Waals surface area contributed by atoms with Crippen LogP contribution in [0.5, 0.6) is 0 Å². The van der Waals surface area contributed by atoms with Crippen LogP contribution in [0.15, 0.2) is 12.3 Å². The van der Waals surface area contributed by atoms with Crippen LogP contribution in [0.1, 0.15) is 16.8 Å². The molecule has 0 atom stereocenters. The van der Waals surface area contributed by atoms with Crippen LogP contribution < -0.4 is 10.0 Å². The Kier molecular flexibility index (Phi) is 5.64. The maximum atomic E-state index is 12.9. The molecule has 1 aromatic rings. The summed E-state index contributed by atoms with van der Waals surface area (Å²) in [6, 6.07) is 0.986. The first kappa shape index (κ1) is 15.8. The van der Waals surface area contributed by atoms with E-state index in [2.05, 4.69) is 15.0 Å². The molecule has 0 bridgehead atoms. The van der Waals surface area contributed by atoms with E-state index in [4.69, 9.17) is 11.6 Å². The lowest BCUT2D eigenvalue weighted by Crippen LogP contribution is -2.29. The Morgan fingerprint density at radius 2 is 2.16 bits per heavy atom. The van der Waals surface area contributed by atoms with E-state index in [0.29, 0.717) is 6.42 Å². The number of carbonyl (C=O) groups excluding carboxylic acids is 1. The fourth-order valence-electron chi connectivity index (χ4n) is 1.22. The number of pyridine rings is 1. The van der Waals surface area contributed by atoms with E-state index in [1.165, 1.54) is 0 Å². The van der Waals surface area contributed by atoms with Gasteiger partial charge in [0.1, 0.15) is 11.0 Å². The Morgan fingerprint density at radius 3 is 2.79 bits per heavy atom. The van der Waals surface area contributed by atoms with E-state index >= 15 is 0 Å². The van der Waals surface area contributed by atoms with Crippen LogP contribution in [0.25, 0.3) is 0 Å². The average molecular weight is 310 g/mol. The van der Waals surface area contributed by atoms with Gasteiger partial charge in [-0.05, 0) is 12.5 Å². The molecule has 9 heteroatoms. The molecule has 0 aromatic carbocycles. The summed E-state index contributed by atoms with van der Waals surface area (Å²) in [5.41, 5.74) is -0.0576. The molecular formula is C10H13ClFN3O3S.